The summed E-state index contributed by atoms with van der Waals surface area (Å²) >= 11 is 9.31. The highest BCUT2D eigenvalue weighted by molar-refractivity contribution is 9.10. The molecule has 0 radical (unpaired) electrons. The molecule has 1 saturated carbocycles. The lowest BCUT2D eigenvalue weighted by Crippen LogP contribution is -2.25. The van der Waals surface area contributed by atoms with Gasteiger partial charge in [0.15, 0.2) is 0 Å². The molecule has 1 amide bonds. The van der Waals surface area contributed by atoms with Crippen molar-refractivity contribution in [2.45, 2.75) is 38.1 Å². The fraction of sp³-hybridized carbons (Fsp3) is 0.333. The molecular formula is C21H21BrClNO2. The Morgan fingerprint density at radius 3 is 2.31 bits per heavy atom. The molecular weight excluding hydrogens is 414 g/mol. The van der Waals surface area contributed by atoms with Crippen molar-refractivity contribution >= 4 is 39.2 Å². The number of hydrogen-bond acceptors (Lipinski definition) is 2. The topological polar surface area (TPSA) is 46.2 Å². The van der Waals surface area contributed by atoms with Crippen LogP contribution in [-0.2, 0) is 16.1 Å². The van der Waals surface area contributed by atoms with E-state index >= 15 is 0 Å². The molecule has 0 heterocycles. The molecule has 1 N–H and O–H groups in total. The van der Waals surface area contributed by atoms with Crippen LogP contribution in [0.1, 0.15) is 42.7 Å². The highest BCUT2D eigenvalue weighted by atomic mass is 79.9. The third kappa shape index (κ3) is 5.68. The standard InChI is InChI=1S/C21H21BrClNO2/c22-18-7-5-15(6-8-18)17(11-20(25)16-3-4-16)12-21(26)24-13-14-1-9-19(23)10-2-14/h1-2,5-10,16-17H,3-4,11-13H2,(H,24,26). The first-order valence-corrected chi connectivity index (χ1v) is 9.97. The van der Waals surface area contributed by atoms with Crippen molar-refractivity contribution in [1.82, 2.24) is 5.32 Å². The van der Waals surface area contributed by atoms with Gasteiger partial charge in [-0.15, -0.1) is 0 Å². The maximum absolute atomic E-state index is 12.4. The number of benzene rings is 2. The molecule has 3 rings (SSSR count). The Morgan fingerprint density at radius 2 is 1.69 bits per heavy atom. The van der Waals surface area contributed by atoms with E-state index in [0.717, 1.165) is 28.4 Å². The van der Waals surface area contributed by atoms with Crippen LogP contribution in [0.25, 0.3) is 0 Å². The number of carbonyl (C=O) groups is 2. The minimum Gasteiger partial charge on any atom is -0.352 e. The van der Waals surface area contributed by atoms with Gasteiger partial charge in [-0.2, -0.15) is 0 Å². The van der Waals surface area contributed by atoms with Gasteiger partial charge >= 0.3 is 0 Å². The van der Waals surface area contributed by atoms with Crippen molar-refractivity contribution in [3.05, 3.63) is 69.2 Å². The Kier molecular flexibility index (Phi) is 6.49. The highest BCUT2D eigenvalue weighted by Crippen LogP contribution is 2.35. The van der Waals surface area contributed by atoms with Crippen LogP contribution in [0.5, 0.6) is 0 Å². The van der Waals surface area contributed by atoms with Crippen LogP contribution in [0, 0.1) is 5.92 Å². The number of hydrogen-bond donors (Lipinski definition) is 1. The number of carbonyl (C=O) groups excluding carboxylic acids is 2. The van der Waals surface area contributed by atoms with Crippen LogP contribution in [0.15, 0.2) is 53.0 Å². The van der Waals surface area contributed by atoms with Gasteiger partial charge in [0, 0.05) is 34.8 Å². The second kappa shape index (κ2) is 8.83. The second-order valence-electron chi connectivity index (χ2n) is 6.80. The monoisotopic (exact) mass is 433 g/mol. The lowest BCUT2D eigenvalue weighted by molar-refractivity contribution is -0.122. The largest absolute Gasteiger partial charge is 0.352 e. The van der Waals surface area contributed by atoms with E-state index in [4.69, 9.17) is 11.6 Å². The quantitative estimate of drug-likeness (QED) is 0.616. The van der Waals surface area contributed by atoms with Gasteiger partial charge < -0.3 is 5.32 Å². The molecule has 3 nitrogen and oxygen atoms in total. The molecule has 1 aliphatic carbocycles. The van der Waals surface area contributed by atoms with Crippen molar-refractivity contribution < 1.29 is 9.59 Å². The van der Waals surface area contributed by atoms with Gasteiger partial charge in [-0.05, 0) is 54.2 Å². The molecule has 0 aliphatic heterocycles. The zero-order valence-corrected chi connectivity index (χ0v) is 16.7. The summed E-state index contributed by atoms with van der Waals surface area (Å²) in [5, 5.41) is 3.62. The van der Waals surface area contributed by atoms with E-state index in [1.54, 1.807) is 0 Å². The van der Waals surface area contributed by atoms with Crippen molar-refractivity contribution in [2.75, 3.05) is 0 Å². The summed E-state index contributed by atoms with van der Waals surface area (Å²) in [6, 6.07) is 15.3. The highest BCUT2D eigenvalue weighted by Gasteiger charge is 2.31. The van der Waals surface area contributed by atoms with Gasteiger partial charge in [0.1, 0.15) is 5.78 Å². The van der Waals surface area contributed by atoms with Crippen molar-refractivity contribution in [3.63, 3.8) is 0 Å². The predicted molar refractivity (Wildman–Crippen MR) is 107 cm³/mol. The van der Waals surface area contributed by atoms with Crippen molar-refractivity contribution in [2.24, 2.45) is 5.92 Å². The molecule has 1 unspecified atom stereocenters. The maximum Gasteiger partial charge on any atom is 0.220 e. The minimum absolute atomic E-state index is 0.0449. The molecule has 0 aromatic heterocycles. The Morgan fingerprint density at radius 1 is 1.04 bits per heavy atom. The van der Waals surface area contributed by atoms with E-state index in [9.17, 15) is 9.59 Å². The fourth-order valence-corrected chi connectivity index (χ4v) is 3.35. The predicted octanol–water partition coefficient (Wildman–Crippen LogP) is 5.26. The maximum atomic E-state index is 12.4. The average molecular weight is 435 g/mol. The molecule has 0 bridgehead atoms. The van der Waals surface area contributed by atoms with Gasteiger partial charge in [0.25, 0.3) is 0 Å². The molecule has 2 aromatic carbocycles. The third-order valence-electron chi connectivity index (χ3n) is 4.66. The molecule has 1 aliphatic rings. The Labute approximate surface area is 167 Å². The van der Waals surface area contributed by atoms with Crippen LogP contribution in [0.3, 0.4) is 0 Å². The van der Waals surface area contributed by atoms with E-state index in [1.165, 1.54) is 0 Å². The van der Waals surface area contributed by atoms with Crippen molar-refractivity contribution in [3.8, 4) is 0 Å². The first-order chi connectivity index (χ1) is 12.5. The summed E-state index contributed by atoms with van der Waals surface area (Å²) in [4.78, 5) is 24.7. The smallest absolute Gasteiger partial charge is 0.220 e. The number of nitrogens with one attached hydrogen (secondary N) is 1. The van der Waals surface area contributed by atoms with Crippen LogP contribution in [0.4, 0.5) is 0 Å². The lowest BCUT2D eigenvalue weighted by Gasteiger charge is -2.17. The van der Waals surface area contributed by atoms with Crippen LogP contribution in [-0.4, -0.2) is 11.7 Å². The lowest BCUT2D eigenvalue weighted by atomic mass is 9.89. The molecule has 1 fully saturated rings. The van der Waals surface area contributed by atoms with E-state index in [2.05, 4.69) is 21.2 Å². The first kappa shape index (κ1) is 19.1. The van der Waals surface area contributed by atoms with Gasteiger partial charge in [-0.25, -0.2) is 0 Å². The summed E-state index contributed by atoms with van der Waals surface area (Å²) in [6.07, 6.45) is 2.73. The summed E-state index contributed by atoms with van der Waals surface area (Å²) in [5.41, 5.74) is 2.03. The summed E-state index contributed by atoms with van der Waals surface area (Å²) in [6.45, 7) is 0.458. The second-order valence-corrected chi connectivity index (χ2v) is 8.15. The SMILES string of the molecule is O=C(CC(CC(=O)C1CC1)c1ccc(Br)cc1)NCc1ccc(Cl)cc1. The number of Topliss-reactive ketones (excluding diaryl/α,β-unsaturated/α-hetero) is 1. The Balaban J connectivity index is 1.61. The minimum atomic E-state index is -0.0820. The molecule has 5 heteroatoms. The number of rotatable bonds is 8. The molecule has 2 aromatic rings. The summed E-state index contributed by atoms with van der Waals surface area (Å²) in [5.74, 6) is 0.367. The number of amides is 1. The molecule has 0 saturated heterocycles. The van der Waals surface area contributed by atoms with E-state index in [-0.39, 0.29) is 23.5 Å². The van der Waals surface area contributed by atoms with Crippen molar-refractivity contribution in [1.29, 1.82) is 0 Å². The third-order valence-corrected chi connectivity index (χ3v) is 5.44. The number of ketones is 1. The molecule has 26 heavy (non-hydrogen) atoms. The van der Waals surface area contributed by atoms with Crippen LogP contribution in [0.2, 0.25) is 5.02 Å². The van der Waals surface area contributed by atoms with Gasteiger partial charge in [0.05, 0.1) is 0 Å². The van der Waals surface area contributed by atoms with E-state index < -0.39 is 0 Å². The van der Waals surface area contributed by atoms with Crippen LogP contribution >= 0.6 is 27.5 Å². The van der Waals surface area contributed by atoms with E-state index in [0.29, 0.717) is 24.4 Å². The van der Waals surface area contributed by atoms with Crippen LogP contribution < -0.4 is 5.32 Å². The van der Waals surface area contributed by atoms with Gasteiger partial charge in [-0.3, -0.25) is 9.59 Å². The average Bonchev–Trinajstić information content (AvgIpc) is 3.46. The normalized spacial score (nSPS) is 14.7. The molecule has 1 atom stereocenters. The zero-order chi connectivity index (χ0) is 18.5. The molecule has 0 spiro atoms. The van der Waals surface area contributed by atoms with Gasteiger partial charge in [-0.1, -0.05) is 51.8 Å². The number of halogens is 2. The zero-order valence-electron chi connectivity index (χ0n) is 14.4. The van der Waals surface area contributed by atoms with E-state index in [1.807, 2.05) is 48.5 Å². The first-order valence-electron chi connectivity index (χ1n) is 8.80. The summed E-state index contributed by atoms with van der Waals surface area (Å²) in [7, 11) is 0. The fourth-order valence-electron chi connectivity index (χ4n) is 2.96. The Bertz CT molecular complexity index is 770. The van der Waals surface area contributed by atoms with Gasteiger partial charge in [0.2, 0.25) is 5.91 Å². The molecule has 136 valence electrons. The summed E-state index contributed by atoms with van der Waals surface area (Å²) < 4.78 is 0.987. The Hall–Kier alpha value is -1.65.